The molecule has 0 aromatic heterocycles. The molecule has 2 unspecified atom stereocenters. The fourth-order valence-corrected chi connectivity index (χ4v) is 2.65. The molecule has 0 aromatic rings. The van der Waals surface area contributed by atoms with Crippen LogP contribution in [0, 0.1) is 5.92 Å². The van der Waals surface area contributed by atoms with Gasteiger partial charge in [-0.1, -0.05) is 0 Å². The maximum Gasteiger partial charge on any atom is 0.0829 e. The minimum atomic E-state index is 0.358. The van der Waals surface area contributed by atoms with Crippen molar-refractivity contribution < 1.29 is 4.74 Å². The maximum atomic E-state index is 5.85. The van der Waals surface area contributed by atoms with Crippen LogP contribution in [-0.2, 0) is 4.74 Å². The second-order valence-corrected chi connectivity index (χ2v) is 5.34. The van der Waals surface area contributed by atoms with Crippen molar-refractivity contribution in [1.82, 2.24) is 9.80 Å². The number of rotatable bonds is 5. The highest BCUT2D eigenvalue weighted by molar-refractivity contribution is 4.89. The number of ether oxygens (including phenoxy) is 1. The van der Waals surface area contributed by atoms with E-state index >= 15 is 0 Å². The van der Waals surface area contributed by atoms with E-state index in [1.807, 2.05) is 0 Å². The summed E-state index contributed by atoms with van der Waals surface area (Å²) in [5, 5.41) is 0. The summed E-state index contributed by atoms with van der Waals surface area (Å²) in [7, 11) is 4.35. The van der Waals surface area contributed by atoms with E-state index < -0.39 is 0 Å². The normalized spacial score (nSPS) is 29.6. The third-order valence-electron chi connectivity index (χ3n) is 3.81. The number of nitrogens with zero attached hydrogens (tertiary/aromatic N) is 2. The first-order valence-corrected chi connectivity index (χ1v) is 6.41. The van der Waals surface area contributed by atoms with E-state index in [1.165, 1.54) is 12.8 Å². The highest BCUT2D eigenvalue weighted by Crippen LogP contribution is 2.34. The lowest BCUT2D eigenvalue weighted by atomic mass is 10.1. The van der Waals surface area contributed by atoms with Crippen molar-refractivity contribution in [3.63, 3.8) is 0 Å². The van der Waals surface area contributed by atoms with Crippen LogP contribution in [0.4, 0.5) is 0 Å². The van der Waals surface area contributed by atoms with Gasteiger partial charge in [0.05, 0.1) is 12.7 Å². The molecule has 0 aromatic carbocycles. The average Bonchev–Trinajstić information content (AvgIpc) is 3.03. The zero-order valence-electron chi connectivity index (χ0n) is 10.6. The van der Waals surface area contributed by atoms with E-state index in [-0.39, 0.29) is 0 Å². The first-order valence-electron chi connectivity index (χ1n) is 6.41. The predicted octanol–water partition coefficient (Wildman–Crippen LogP) is -0.0139. The van der Waals surface area contributed by atoms with Crippen LogP contribution in [-0.4, -0.2) is 68.8 Å². The maximum absolute atomic E-state index is 5.85. The summed E-state index contributed by atoms with van der Waals surface area (Å²) in [5.41, 5.74) is 5.85. The molecule has 0 amide bonds. The van der Waals surface area contributed by atoms with Crippen molar-refractivity contribution >= 4 is 0 Å². The molecular weight excluding hydrogens is 202 g/mol. The van der Waals surface area contributed by atoms with Crippen LogP contribution < -0.4 is 5.73 Å². The summed E-state index contributed by atoms with van der Waals surface area (Å²) < 4.78 is 5.79. The van der Waals surface area contributed by atoms with Gasteiger partial charge in [-0.25, -0.2) is 0 Å². The lowest BCUT2D eigenvalue weighted by molar-refractivity contribution is -0.0379. The number of likely N-dealkylation sites (N-methyl/N-ethyl adjacent to an activating group) is 2. The molecule has 1 aliphatic heterocycles. The molecule has 2 atom stereocenters. The molecule has 1 saturated carbocycles. The summed E-state index contributed by atoms with van der Waals surface area (Å²) in [6.45, 7) is 4.77. The Hall–Kier alpha value is -0.160. The highest BCUT2D eigenvalue weighted by Gasteiger charge is 2.34. The number of hydrogen-bond acceptors (Lipinski definition) is 4. The number of morpholine rings is 1. The van der Waals surface area contributed by atoms with Crippen molar-refractivity contribution in [2.24, 2.45) is 11.7 Å². The van der Waals surface area contributed by atoms with Crippen molar-refractivity contribution in [3.8, 4) is 0 Å². The van der Waals surface area contributed by atoms with Crippen LogP contribution >= 0.6 is 0 Å². The Morgan fingerprint density at radius 2 is 2.25 bits per heavy atom. The Bertz CT molecular complexity index is 220. The molecule has 2 rings (SSSR count). The fraction of sp³-hybridized carbons (Fsp3) is 1.00. The molecule has 2 N–H and O–H groups in total. The minimum absolute atomic E-state index is 0.358. The molecular formula is C12H25N3O. The topological polar surface area (TPSA) is 41.7 Å². The molecule has 0 radical (unpaired) electrons. The lowest BCUT2D eigenvalue weighted by Gasteiger charge is -2.35. The molecule has 2 aliphatic rings. The number of hydrogen-bond donors (Lipinski definition) is 1. The Balaban J connectivity index is 1.78. The van der Waals surface area contributed by atoms with Crippen LogP contribution in [0.5, 0.6) is 0 Å². The summed E-state index contributed by atoms with van der Waals surface area (Å²) in [6, 6.07) is 0.566. The Kier molecular flexibility index (Phi) is 4.19. The van der Waals surface area contributed by atoms with E-state index in [0.717, 1.165) is 38.7 Å². The van der Waals surface area contributed by atoms with Crippen LogP contribution in [0.15, 0.2) is 0 Å². The molecule has 0 spiro atoms. The monoisotopic (exact) mass is 227 g/mol. The van der Waals surface area contributed by atoms with Gasteiger partial charge in [0.15, 0.2) is 0 Å². The van der Waals surface area contributed by atoms with Gasteiger partial charge in [-0.05, 0) is 32.9 Å². The predicted molar refractivity (Wildman–Crippen MR) is 65.4 cm³/mol. The summed E-state index contributed by atoms with van der Waals surface area (Å²) in [5.74, 6) is 0.844. The Morgan fingerprint density at radius 3 is 2.81 bits per heavy atom. The molecule has 1 saturated heterocycles. The Labute approximate surface area is 98.7 Å². The van der Waals surface area contributed by atoms with E-state index in [0.29, 0.717) is 12.1 Å². The quantitative estimate of drug-likeness (QED) is 0.717. The lowest BCUT2D eigenvalue weighted by Crippen LogP contribution is -2.49. The van der Waals surface area contributed by atoms with Crippen molar-refractivity contribution in [1.29, 1.82) is 0 Å². The molecule has 4 heteroatoms. The number of nitrogens with two attached hydrogens (primary N) is 1. The van der Waals surface area contributed by atoms with Crippen LogP contribution in [0.3, 0.4) is 0 Å². The minimum Gasteiger partial charge on any atom is -0.374 e. The van der Waals surface area contributed by atoms with E-state index in [1.54, 1.807) is 0 Å². The SMILES string of the molecule is CN1CCOC(CN(C)C(CN)C2CC2)C1. The standard InChI is InChI=1S/C12H25N3O/c1-14-5-6-16-11(8-14)9-15(2)12(7-13)10-3-4-10/h10-12H,3-9,13H2,1-2H3. The molecule has 2 fully saturated rings. The molecule has 1 aliphatic carbocycles. The van der Waals surface area contributed by atoms with Crippen LogP contribution in [0.25, 0.3) is 0 Å². The second kappa shape index (κ2) is 5.45. The second-order valence-electron chi connectivity index (χ2n) is 5.34. The van der Waals surface area contributed by atoms with Gasteiger partial charge < -0.3 is 15.4 Å². The van der Waals surface area contributed by atoms with Gasteiger partial charge in [-0.3, -0.25) is 4.90 Å². The van der Waals surface area contributed by atoms with E-state index in [4.69, 9.17) is 10.5 Å². The van der Waals surface area contributed by atoms with Gasteiger partial charge in [0.2, 0.25) is 0 Å². The zero-order valence-corrected chi connectivity index (χ0v) is 10.6. The molecule has 16 heavy (non-hydrogen) atoms. The average molecular weight is 227 g/mol. The first-order chi connectivity index (χ1) is 7.70. The molecule has 4 nitrogen and oxygen atoms in total. The van der Waals surface area contributed by atoms with Crippen molar-refractivity contribution in [2.75, 3.05) is 46.9 Å². The van der Waals surface area contributed by atoms with Gasteiger partial charge in [-0.15, -0.1) is 0 Å². The van der Waals surface area contributed by atoms with Crippen molar-refractivity contribution in [3.05, 3.63) is 0 Å². The van der Waals surface area contributed by atoms with Gasteiger partial charge >= 0.3 is 0 Å². The third-order valence-corrected chi connectivity index (χ3v) is 3.81. The highest BCUT2D eigenvalue weighted by atomic mass is 16.5. The smallest absolute Gasteiger partial charge is 0.0829 e. The van der Waals surface area contributed by atoms with Crippen LogP contribution in [0.2, 0.25) is 0 Å². The van der Waals surface area contributed by atoms with Gasteiger partial charge in [0.25, 0.3) is 0 Å². The van der Waals surface area contributed by atoms with Gasteiger partial charge in [0.1, 0.15) is 0 Å². The molecule has 1 heterocycles. The Morgan fingerprint density at radius 1 is 1.50 bits per heavy atom. The van der Waals surface area contributed by atoms with Crippen molar-refractivity contribution in [2.45, 2.75) is 25.0 Å². The summed E-state index contributed by atoms with van der Waals surface area (Å²) in [4.78, 5) is 4.75. The third kappa shape index (κ3) is 3.17. The molecule has 0 bridgehead atoms. The van der Waals surface area contributed by atoms with E-state index in [9.17, 15) is 0 Å². The van der Waals surface area contributed by atoms with E-state index in [2.05, 4.69) is 23.9 Å². The van der Waals surface area contributed by atoms with Gasteiger partial charge in [-0.2, -0.15) is 0 Å². The van der Waals surface area contributed by atoms with Gasteiger partial charge in [0, 0.05) is 32.2 Å². The largest absolute Gasteiger partial charge is 0.374 e. The summed E-state index contributed by atoms with van der Waals surface area (Å²) in [6.07, 6.45) is 3.08. The first kappa shape index (κ1) is 12.3. The zero-order chi connectivity index (χ0) is 11.5. The molecule has 94 valence electrons. The fourth-order valence-electron chi connectivity index (χ4n) is 2.65. The summed E-state index contributed by atoms with van der Waals surface area (Å²) >= 11 is 0. The van der Waals surface area contributed by atoms with Crippen LogP contribution in [0.1, 0.15) is 12.8 Å².